The van der Waals surface area contributed by atoms with Crippen molar-refractivity contribution in [3.63, 3.8) is 0 Å². The SMILES string of the molecule is CCn1c(CC(=O)Nc2ccc(C)cc2C)nnc1SCC(=O)Nc1ccc(C)cc1C. The van der Waals surface area contributed by atoms with E-state index in [1.807, 2.05) is 75.6 Å². The maximum atomic E-state index is 12.6. The van der Waals surface area contributed by atoms with E-state index in [1.54, 1.807) is 0 Å². The van der Waals surface area contributed by atoms with Gasteiger partial charge in [0, 0.05) is 17.9 Å². The summed E-state index contributed by atoms with van der Waals surface area (Å²) in [5.41, 5.74) is 5.94. The van der Waals surface area contributed by atoms with Gasteiger partial charge in [-0.1, -0.05) is 47.2 Å². The molecule has 32 heavy (non-hydrogen) atoms. The number of carbonyl (C=O) groups is 2. The zero-order valence-corrected chi connectivity index (χ0v) is 20.0. The minimum absolute atomic E-state index is 0.109. The van der Waals surface area contributed by atoms with E-state index >= 15 is 0 Å². The Morgan fingerprint density at radius 1 is 0.875 bits per heavy atom. The number of thioether (sulfide) groups is 1. The fourth-order valence-corrected chi connectivity index (χ4v) is 4.26. The van der Waals surface area contributed by atoms with Crippen LogP contribution in [-0.4, -0.2) is 32.3 Å². The van der Waals surface area contributed by atoms with Gasteiger partial charge in [0.15, 0.2) is 5.16 Å². The van der Waals surface area contributed by atoms with Crippen molar-refractivity contribution in [2.45, 2.75) is 52.7 Å². The summed E-state index contributed by atoms with van der Waals surface area (Å²) in [6, 6.07) is 11.8. The molecule has 168 valence electrons. The normalized spacial score (nSPS) is 10.8. The van der Waals surface area contributed by atoms with E-state index in [9.17, 15) is 9.59 Å². The van der Waals surface area contributed by atoms with E-state index in [1.165, 1.54) is 11.8 Å². The van der Waals surface area contributed by atoms with Crippen LogP contribution < -0.4 is 10.6 Å². The Morgan fingerprint density at radius 3 is 1.97 bits per heavy atom. The second kappa shape index (κ2) is 10.5. The molecule has 0 aliphatic carbocycles. The first kappa shape index (κ1) is 23.5. The number of anilines is 2. The lowest BCUT2D eigenvalue weighted by Gasteiger charge is -2.11. The summed E-state index contributed by atoms with van der Waals surface area (Å²) < 4.78 is 1.87. The molecule has 0 aliphatic heterocycles. The number of nitrogens with one attached hydrogen (secondary N) is 2. The Labute approximate surface area is 193 Å². The zero-order valence-electron chi connectivity index (χ0n) is 19.2. The summed E-state index contributed by atoms with van der Waals surface area (Å²) in [5, 5.41) is 14.9. The van der Waals surface area contributed by atoms with Crippen LogP contribution in [0.3, 0.4) is 0 Å². The summed E-state index contributed by atoms with van der Waals surface area (Å²) in [7, 11) is 0. The topological polar surface area (TPSA) is 88.9 Å². The summed E-state index contributed by atoms with van der Waals surface area (Å²) in [5.74, 6) is 0.525. The fraction of sp³-hybridized carbons (Fsp3) is 0.333. The molecule has 8 heteroatoms. The monoisotopic (exact) mass is 451 g/mol. The molecule has 0 spiro atoms. The number of nitrogens with zero attached hydrogens (tertiary/aromatic N) is 3. The molecule has 2 amide bonds. The van der Waals surface area contributed by atoms with Crippen molar-refractivity contribution < 1.29 is 9.59 Å². The van der Waals surface area contributed by atoms with Crippen molar-refractivity contribution in [2.24, 2.45) is 0 Å². The second-order valence-corrected chi connectivity index (χ2v) is 8.78. The fourth-order valence-electron chi connectivity index (χ4n) is 3.44. The van der Waals surface area contributed by atoms with Crippen LogP contribution >= 0.6 is 11.8 Å². The Hall–Kier alpha value is -3.13. The van der Waals surface area contributed by atoms with Gasteiger partial charge in [-0.05, 0) is 57.9 Å². The van der Waals surface area contributed by atoms with Crippen LogP contribution in [0.15, 0.2) is 41.6 Å². The number of amides is 2. The molecule has 1 heterocycles. The molecule has 0 unspecified atom stereocenters. The van der Waals surface area contributed by atoms with Gasteiger partial charge in [-0.25, -0.2) is 0 Å². The molecule has 0 saturated carbocycles. The van der Waals surface area contributed by atoms with Crippen molar-refractivity contribution in [1.82, 2.24) is 14.8 Å². The van der Waals surface area contributed by atoms with Crippen LogP contribution in [0.5, 0.6) is 0 Å². The minimum atomic E-state index is -0.150. The quantitative estimate of drug-likeness (QED) is 0.494. The van der Waals surface area contributed by atoms with Gasteiger partial charge in [0.2, 0.25) is 11.8 Å². The molecule has 3 aromatic rings. The lowest BCUT2D eigenvalue weighted by molar-refractivity contribution is -0.116. The Kier molecular flexibility index (Phi) is 7.69. The molecular formula is C24H29N5O2S. The van der Waals surface area contributed by atoms with Gasteiger partial charge in [0.05, 0.1) is 12.2 Å². The molecule has 0 bridgehead atoms. The van der Waals surface area contributed by atoms with E-state index in [-0.39, 0.29) is 24.0 Å². The van der Waals surface area contributed by atoms with E-state index < -0.39 is 0 Å². The average molecular weight is 452 g/mol. The predicted molar refractivity (Wildman–Crippen MR) is 129 cm³/mol. The molecule has 3 rings (SSSR count). The molecule has 0 radical (unpaired) electrons. The number of carbonyl (C=O) groups excluding carboxylic acids is 2. The van der Waals surface area contributed by atoms with E-state index in [0.717, 1.165) is 33.6 Å². The number of aromatic nitrogens is 3. The maximum Gasteiger partial charge on any atom is 0.234 e. The van der Waals surface area contributed by atoms with E-state index in [4.69, 9.17) is 0 Å². The standard InChI is InChI=1S/C24H29N5O2S/c1-6-29-21(13-22(30)25-19-9-7-15(2)11-17(19)4)27-28-24(29)32-14-23(31)26-20-10-8-16(3)12-18(20)5/h7-12H,6,13-14H2,1-5H3,(H,25,30)(H,26,31). The highest BCUT2D eigenvalue weighted by Gasteiger charge is 2.17. The highest BCUT2D eigenvalue weighted by atomic mass is 32.2. The van der Waals surface area contributed by atoms with Gasteiger partial charge in [0.1, 0.15) is 5.82 Å². The summed E-state index contributed by atoms with van der Waals surface area (Å²) >= 11 is 1.31. The van der Waals surface area contributed by atoms with Crippen LogP contribution in [0.4, 0.5) is 11.4 Å². The molecule has 7 nitrogen and oxygen atoms in total. The molecule has 2 aromatic carbocycles. The first-order valence-corrected chi connectivity index (χ1v) is 11.5. The van der Waals surface area contributed by atoms with Crippen LogP contribution in [0.25, 0.3) is 0 Å². The molecule has 0 saturated heterocycles. The van der Waals surface area contributed by atoms with Gasteiger partial charge >= 0.3 is 0 Å². The third-order valence-corrected chi connectivity index (χ3v) is 6.04. The first-order chi connectivity index (χ1) is 15.3. The number of hydrogen-bond acceptors (Lipinski definition) is 5. The highest BCUT2D eigenvalue weighted by molar-refractivity contribution is 7.99. The Bertz CT molecular complexity index is 1140. The molecule has 1 aromatic heterocycles. The largest absolute Gasteiger partial charge is 0.325 e. The third-order valence-electron chi connectivity index (χ3n) is 5.07. The van der Waals surface area contributed by atoms with Gasteiger partial charge < -0.3 is 15.2 Å². The van der Waals surface area contributed by atoms with Gasteiger partial charge in [-0.3, -0.25) is 9.59 Å². The van der Waals surface area contributed by atoms with Crippen LogP contribution in [0.2, 0.25) is 0 Å². The summed E-state index contributed by atoms with van der Waals surface area (Å²) in [6.45, 7) is 10.6. The number of hydrogen-bond donors (Lipinski definition) is 2. The van der Waals surface area contributed by atoms with Crippen LogP contribution in [0.1, 0.15) is 35.0 Å². The average Bonchev–Trinajstić information content (AvgIpc) is 3.12. The zero-order chi connectivity index (χ0) is 23.3. The highest BCUT2D eigenvalue weighted by Crippen LogP contribution is 2.21. The van der Waals surface area contributed by atoms with Gasteiger partial charge in [-0.2, -0.15) is 0 Å². The lowest BCUT2D eigenvalue weighted by Crippen LogP contribution is -2.18. The molecule has 0 aliphatic rings. The van der Waals surface area contributed by atoms with Gasteiger partial charge in [-0.15, -0.1) is 10.2 Å². The first-order valence-electron chi connectivity index (χ1n) is 10.6. The Balaban J connectivity index is 1.60. The van der Waals surface area contributed by atoms with Crippen LogP contribution in [-0.2, 0) is 22.6 Å². The second-order valence-electron chi connectivity index (χ2n) is 7.84. The van der Waals surface area contributed by atoms with Crippen LogP contribution in [0, 0.1) is 27.7 Å². The van der Waals surface area contributed by atoms with Crippen molar-refractivity contribution >= 4 is 35.0 Å². The van der Waals surface area contributed by atoms with Gasteiger partial charge in [0.25, 0.3) is 0 Å². The lowest BCUT2D eigenvalue weighted by atomic mass is 10.1. The van der Waals surface area contributed by atoms with E-state index in [2.05, 4.69) is 20.8 Å². The summed E-state index contributed by atoms with van der Waals surface area (Å²) in [6.07, 6.45) is 0.115. The number of benzene rings is 2. The van der Waals surface area contributed by atoms with Crippen molar-refractivity contribution in [1.29, 1.82) is 0 Å². The smallest absolute Gasteiger partial charge is 0.234 e. The van der Waals surface area contributed by atoms with Crippen molar-refractivity contribution in [3.8, 4) is 0 Å². The molecule has 0 atom stereocenters. The number of rotatable bonds is 8. The maximum absolute atomic E-state index is 12.6. The number of aryl methyl sites for hydroxylation is 4. The van der Waals surface area contributed by atoms with Crippen molar-refractivity contribution in [2.75, 3.05) is 16.4 Å². The van der Waals surface area contributed by atoms with Crippen molar-refractivity contribution in [3.05, 3.63) is 64.5 Å². The summed E-state index contributed by atoms with van der Waals surface area (Å²) in [4.78, 5) is 25.0. The minimum Gasteiger partial charge on any atom is -0.325 e. The molecule has 2 N–H and O–H groups in total. The molecular weight excluding hydrogens is 422 g/mol. The Morgan fingerprint density at radius 2 is 1.44 bits per heavy atom. The van der Waals surface area contributed by atoms with E-state index in [0.29, 0.717) is 17.5 Å². The third kappa shape index (κ3) is 5.97. The molecule has 0 fully saturated rings. The predicted octanol–water partition coefficient (Wildman–Crippen LogP) is 4.44.